The van der Waals surface area contributed by atoms with E-state index in [1.165, 1.54) is 0 Å². The second kappa shape index (κ2) is 5.56. The van der Waals surface area contributed by atoms with Gasteiger partial charge in [0.1, 0.15) is 12.2 Å². The molecule has 6 heteroatoms. The van der Waals surface area contributed by atoms with Gasteiger partial charge in [-0.15, -0.1) is 10.2 Å². The van der Waals surface area contributed by atoms with Crippen molar-refractivity contribution in [1.29, 1.82) is 0 Å². The van der Waals surface area contributed by atoms with Crippen molar-refractivity contribution in [2.45, 2.75) is 37.3 Å². The van der Waals surface area contributed by atoms with E-state index in [-0.39, 0.29) is 5.60 Å². The van der Waals surface area contributed by atoms with E-state index >= 15 is 0 Å². The molecule has 0 bridgehead atoms. The van der Waals surface area contributed by atoms with E-state index in [1.807, 2.05) is 11.6 Å². The average Bonchev–Trinajstić information content (AvgIpc) is 3.01. The fourth-order valence-corrected chi connectivity index (χ4v) is 2.99. The zero-order valence-corrected chi connectivity index (χ0v) is 11.5. The highest BCUT2D eigenvalue weighted by Crippen LogP contribution is 2.32. The van der Waals surface area contributed by atoms with Gasteiger partial charge in [0, 0.05) is 45.7 Å². The molecule has 1 aromatic rings. The largest absolute Gasteiger partial charge is 0.378 e. The molecule has 0 saturated carbocycles. The third-order valence-electron chi connectivity index (χ3n) is 4.15. The summed E-state index contributed by atoms with van der Waals surface area (Å²) in [6.45, 7) is 3.37. The van der Waals surface area contributed by atoms with E-state index in [9.17, 15) is 0 Å². The van der Waals surface area contributed by atoms with Crippen LogP contribution in [-0.2, 0) is 22.9 Å². The first-order chi connectivity index (χ1) is 9.27. The number of ether oxygens (including phenoxy) is 2. The van der Waals surface area contributed by atoms with Crippen LogP contribution in [0.4, 0.5) is 0 Å². The van der Waals surface area contributed by atoms with Crippen LogP contribution in [0.1, 0.15) is 25.1 Å². The first-order valence-electron chi connectivity index (χ1n) is 7.05. The Hall–Kier alpha value is -0.980. The summed E-state index contributed by atoms with van der Waals surface area (Å²) in [6.07, 6.45) is 5.84. The Bertz CT molecular complexity index is 415. The first-order valence-corrected chi connectivity index (χ1v) is 7.05. The number of aryl methyl sites for hydroxylation is 1. The van der Waals surface area contributed by atoms with Gasteiger partial charge in [-0.2, -0.15) is 0 Å². The number of aromatic nitrogens is 3. The highest BCUT2D eigenvalue weighted by atomic mass is 16.6. The maximum atomic E-state index is 5.94. The van der Waals surface area contributed by atoms with Crippen LogP contribution in [0.25, 0.3) is 0 Å². The van der Waals surface area contributed by atoms with E-state index < -0.39 is 0 Å². The average molecular weight is 266 g/mol. The number of hydrogen-bond donors (Lipinski definition) is 1. The number of rotatable bonds is 4. The molecule has 0 radical (unpaired) electrons. The molecule has 1 spiro atoms. The lowest BCUT2D eigenvalue weighted by atomic mass is 9.89. The molecule has 6 nitrogen and oxygen atoms in total. The molecule has 0 aliphatic carbocycles. The van der Waals surface area contributed by atoms with Gasteiger partial charge in [0.05, 0.1) is 12.2 Å². The van der Waals surface area contributed by atoms with Crippen LogP contribution in [0.5, 0.6) is 0 Å². The molecule has 3 heterocycles. The Labute approximate surface area is 113 Å². The topological polar surface area (TPSA) is 61.2 Å². The van der Waals surface area contributed by atoms with Crippen LogP contribution in [0.3, 0.4) is 0 Å². The Morgan fingerprint density at radius 1 is 1.53 bits per heavy atom. The van der Waals surface area contributed by atoms with E-state index in [4.69, 9.17) is 9.47 Å². The van der Waals surface area contributed by atoms with Crippen molar-refractivity contribution in [3.05, 3.63) is 12.2 Å². The number of nitrogens with one attached hydrogen (secondary N) is 1. The molecule has 2 saturated heterocycles. The lowest BCUT2D eigenvalue weighted by Crippen LogP contribution is -2.47. The molecule has 2 atom stereocenters. The van der Waals surface area contributed by atoms with Crippen molar-refractivity contribution in [2.24, 2.45) is 7.05 Å². The second-order valence-corrected chi connectivity index (χ2v) is 5.59. The summed E-state index contributed by atoms with van der Waals surface area (Å²) in [4.78, 5) is 0. The van der Waals surface area contributed by atoms with Crippen LogP contribution in [0.2, 0.25) is 0 Å². The maximum absolute atomic E-state index is 5.94. The molecule has 1 aromatic heterocycles. The SMILES string of the molecule is Cn1cnnc1CCNC1CCOC2(CCOC2)C1. The minimum Gasteiger partial charge on any atom is -0.378 e. The second-order valence-electron chi connectivity index (χ2n) is 5.59. The molecular weight excluding hydrogens is 244 g/mol. The van der Waals surface area contributed by atoms with Gasteiger partial charge in [0.2, 0.25) is 0 Å². The molecule has 19 heavy (non-hydrogen) atoms. The fraction of sp³-hybridized carbons (Fsp3) is 0.846. The summed E-state index contributed by atoms with van der Waals surface area (Å²) in [5, 5.41) is 11.6. The summed E-state index contributed by atoms with van der Waals surface area (Å²) in [6, 6.07) is 0.531. The molecule has 2 aliphatic heterocycles. The van der Waals surface area contributed by atoms with Gasteiger partial charge in [0.15, 0.2) is 0 Å². The molecule has 2 fully saturated rings. The Balaban J connectivity index is 1.46. The van der Waals surface area contributed by atoms with Crippen LogP contribution in [-0.4, -0.2) is 52.8 Å². The van der Waals surface area contributed by atoms with E-state index in [0.29, 0.717) is 6.04 Å². The van der Waals surface area contributed by atoms with E-state index in [2.05, 4.69) is 15.5 Å². The van der Waals surface area contributed by atoms with Gasteiger partial charge in [-0.25, -0.2) is 0 Å². The third-order valence-corrected chi connectivity index (χ3v) is 4.15. The summed E-state index contributed by atoms with van der Waals surface area (Å²) < 4.78 is 13.4. The quantitative estimate of drug-likeness (QED) is 0.848. The van der Waals surface area contributed by atoms with Crippen molar-refractivity contribution in [1.82, 2.24) is 20.1 Å². The maximum Gasteiger partial charge on any atom is 0.133 e. The van der Waals surface area contributed by atoms with Gasteiger partial charge >= 0.3 is 0 Å². The minimum absolute atomic E-state index is 0.0132. The van der Waals surface area contributed by atoms with Gasteiger partial charge in [-0.1, -0.05) is 0 Å². The molecule has 1 N–H and O–H groups in total. The molecule has 3 rings (SSSR count). The summed E-state index contributed by atoms with van der Waals surface area (Å²) in [7, 11) is 1.98. The molecule has 0 aromatic carbocycles. The molecule has 106 valence electrons. The van der Waals surface area contributed by atoms with Crippen molar-refractivity contribution >= 4 is 0 Å². The molecule has 2 unspecified atom stereocenters. The standard InChI is InChI=1S/C13H22N4O2/c1-17-10-15-16-12(17)2-5-14-11-3-6-19-13(8-11)4-7-18-9-13/h10-11,14H,2-9H2,1H3. The predicted molar refractivity (Wildman–Crippen MR) is 69.9 cm³/mol. The van der Waals surface area contributed by atoms with Crippen LogP contribution >= 0.6 is 0 Å². The summed E-state index contributed by atoms with van der Waals surface area (Å²) in [5.74, 6) is 1.03. The van der Waals surface area contributed by atoms with E-state index in [0.717, 1.165) is 57.9 Å². The smallest absolute Gasteiger partial charge is 0.133 e. The zero-order chi connectivity index (χ0) is 13.1. The van der Waals surface area contributed by atoms with Crippen LogP contribution in [0.15, 0.2) is 6.33 Å². The Morgan fingerprint density at radius 2 is 2.47 bits per heavy atom. The van der Waals surface area contributed by atoms with Gasteiger partial charge in [-0.05, 0) is 12.8 Å². The molecule has 0 amide bonds. The molecule has 2 aliphatic rings. The molecular formula is C13H22N4O2. The number of nitrogens with zero attached hydrogens (tertiary/aromatic N) is 3. The monoisotopic (exact) mass is 266 g/mol. The highest BCUT2D eigenvalue weighted by molar-refractivity contribution is 4.93. The summed E-state index contributed by atoms with van der Waals surface area (Å²) >= 11 is 0. The third kappa shape index (κ3) is 2.96. The van der Waals surface area contributed by atoms with Gasteiger partial charge in [-0.3, -0.25) is 0 Å². The van der Waals surface area contributed by atoms with Gasteiger partial charge in [0.25, 0.3) is 0 Å². The normalized spacial score (nSPS) is 31.1. The Morgan fingerprint density at radius 3 is 3.21 bits per heavy atom. The minimum atomic E-state index is -0.0132. The summed E-state index contributed by atoms with van der Waals surface area (Å²) in [5.41, 5.74) is -0.0132. The van der Waals surface area contributed by atoms with Crippen LogP contribution < -0.4 is 5.32 Å². The van der Waals surface area contributed by atoms with Crippen molar-refractivity contribution < 1.29 is 9.47 Å². The predicted octanol–water partition coefficient (Wildman–Crippen LogP) is 0.285. The number of hydrogen-bond acceptors (Lipinski definition) is 5. The first kappa shape index (κ1) is 13.0. The van der Waals surface area contributed by atoms with Crippen LogP contribution in [0, 0.1) is 0 Å². The van der Waals surface area contributed by atoms with Crippen molar-refractivity contribution in [2.75, 3.05) is 26.4 Å². The van der Waals surface area contributed by atoms with Crippen molar-refractivity contribution in [3.8, 4) is 0 Å². The van der Waals surface area contributed by atoms with E-state index in [1.54, 1.807) is 6.33 Å². The zero-order valence-electron chi connectivity index (χ0n) is 11.5. The van der Waals surface area contributed by atoms with Gasteiger partial charge < -0.3 is 19.4 Å². The highest BCUT2D eigenvalue weighted by Gasteiger charge is 2.40. The van der Waals surface area contributed by atoms with Crippen molar-refractivity contribution in [3.63, 3.8) is 0 Å². The lowest BCUT2D eigenvalue weighted by molar-refractivity contribution is -0.0892. The Kier molecular flexibility index (Phi) is 3.81. The lowest BCUT2D eigenvalue weighted by Gasteiger charge is -2.37. The fourth-order valence-electron chi connectivity index (χ4n) is 2.99.